The molecule has 10 nitrogen and oxygen atoms in total. The van der Waals surface area contributed by atoms with E-state index in [4.69, 9.17) is 4.74 Å². The van der Waals surface area contributed by atoms with Crippen molar-refractivity contribution in [2.45, 2.75) is 47.8 Å². The molecule has 1 aromatic carbocycles. The molecule has 168 valence electrons. The first kappa shape index (κ1) is 23.1. The van der Waals surface area contributed by atoms with Crippen molar-refractivity contribution in [2.75, 3.05) is 4.90 Å². The van der Waals surface area contributed by atoms with Crippen molar-refractivity contribution in [3.05, 3.63) is 61.9 Å². The molecule has 2 aromatic heterocycles. The van der Waals surface area contributed by atoms with Gasteiger partial charge in [0.15, 0.2) is 5.13 Å². The fraction of sp³-hybridized carbons (Fsp3) is 0.333. The number of thiazole rings is 1. The van der Waals surface area contributed by atoms with E-state index < -0.39 is 10.9 Å². The first-order valence-corrected chi connectivity index (χ1v) is 10.6. The molecule has 0 atom stereocenters. The minimum absolute atomic E-state index is 0.0879. The molecule has 0 aliphatic rings. The maximum absolute atomic E-state index is 12.3. The normalized spacial score (nSPS) is 10.8. The number of aromatic nitrogens is 3. The van der Waals surface area contributed by atoms with Gasteiger partial charge in [-0.3, -0.25) is 29.3 Å². The summed E-state index contributed by atoms with van der Waals surface area (Å²) in [5.74, 6) is -0.779. The lowest BCUT2D eigenvalue weighted by atomic mass is 10.1. The number of carbonyl (C=O) groups is 2. The summed E-state index contributed by atoms with van der Waals surface area (Å²) in [6, 6.07) is 5.80. The Balaban J connectivity index is 1.69. The Bertz CT molecular complexity index is 1200. The highest BCUT2D eigenvalue weighted by Gasteiger charge is 2.23. The second-order valence-corrected chi connectivity index (χ2v) is 8.20. The minimum atomic E-state index is -0.599. The van der Waals surface area contributed by atoms with Gasteiger partial charge in [0.25, 0.3) is 0 Å². The van der Waals surface area contributed by atoms with E-state index in [0.717, 1.165) is 16.8 Å². The maximum atomic E-state index is 12.3. The van der Waals surface area contributed by atoms with E-state index in [1.807, 2.05) is 32.0 Å². The zero-order valence-electron chi connectivity index (χ0n) is 18.4. The van der Waals surface area contributed by atoms with Crippen molar-refractivity contribution < 1.29 is 19.2 Å². The smallest absolute Gasteiger partial charge is 0.328 e. The number of benzene rings is 1. The average Bonchev–Trinajstić information content (AvgIpc) is 3.26. The molecule has 0 radical (unpaired) electrons. The van der Waals surface area contributed by atoms with Crippen LogP contribution >= 0.6 is 11.3 Å². The number of esters is 1. The van der Waals surface area contributed by atoms with Crippen LogP contribution < -0.4 is 4.90 Å². The summed E-state index contributed by atoms with van der Waals surface area (Å²) in [5.41, 5.74) is 3.68. The lowest BCUT2D eigenvalue weighted by molar-refractivity contribution is -0.386. The molecule has 1 amide bonds. The van der Waals surface area contributed by atoms with Crippen LogP contribution in [0.1, 0.15) is 35.1 Å². The lowest BCUT2D eigenvalue weighted by Gasteiger charge is -2.20. The molecule has 2 heterocycles. The SMILES string of the molecule is CC(=O)N(c1nc(COC(=O)Cn2nc(C)c([N+](=O)[O-])c2C)cs1)c1ccc(C)cc1C. The fourth-order valence-electron chi connectivity index (χ4n) is 3.36. The number of aryl methyl sites for hydroxylation is 3. The number of nitro groups is 1. The van der Waals surface area contributed by atoms with Crippen LogP contribution in [0.5, 0.6) is 0 Å². The molecule has 3 rings (SSSR count). The Morgan fingerprint density at radius 3 is 2.56 bits per heavy atom. The summed E-state index contributed by atoms with van der Waals surface area (Å²) in [4.78, 5) is 41.1. The molecule has 0 bridgehead atoms. The van der Waals surface area contributed by atoms with Gasteiger partial charge in [0.2, 0.25) is 5.91 Å². The molecule has 0 unspecified atom stereocenters. The molecule has 3 aromatic rings. The first-order valence-electron chi connectivity index (χ1n) is 9.74. The quantitative estimate of drug-likeness (QED) is 0.300. The van der Waals surface area contributed by atoms with Crippen molar-refractivity contribution in [3.8, 4) is 0 Å². The number of hydrogen-bond acceptors (Lipinski definition) is 8. The summed E-state index contributed by atoms with van der Waals surface area (Å²) in [6.45, 7) is 8.08. The summed E-state index contributed by atoms with van der Waals surface area (Å²) in [5, 5.41) is 17.3. The summed E-state index contributed by atoms with van der Waals surface area (Å²) < 4.78 is 6.52. The molecule has 32 heavy (non-hydrogen) atoms. The second kappa shape index (κ2) is 9.27. The van der Waals surface area contributed by atoms with E-state index in [2.05, 4.69) is 10.1 Å². The Kier molecular flexibility index (Phi) is 6.68. The molecule has 0 fully saturated rings. The van der Waals surface area contributed by atoms with Crippen molar-refractivity contribution >= 4 is 39.7 Å². The maximum Gasteiger partial charge on any atom is 0.328 e. The van der Waals surface area contributed by atoms with Crippen LogP contribution in [0.15, 0.2) is 23.6 Å². The summed E-state index contributed by atoms with van der Waals surface area (Å²) >= 11 is 1.27. The third-order valence-electron chi connectivity index (χ3n) is 4.82. The van der Waals surface area contributed by atoms with Gasteiger partial charge in [0.1, 0.15) is 24.5 Å². The van der Waals surface area contributed by atoms with E-state index in [9.17, 15) is 19.7 Å². The Hall–Kier alpha value is -3.60. The number of ether oxygens (including phenoxy) is 1. The van der Waals surface area contributed by atoms with Gasteiger partial charge in [-0.05, 0) is 39.3 Å². The molecule has 0 N–H and O–H groups in total. The predicted molar refractivity (Wildman–Crippen MR) is 119 cm³/mol. The highest BCUT2D eigenvalue weighted by Crippen LogP contribution is 2.32. The highest BCUT2D eigenvalue weighted by molar-refractivity contribution is 7.14. The molecular weight excluding hydrogens is 434 g/mol. The zero-order valence-corrected chi connectivity index (χ0v) is 19.2. The standard InChI is InChI=1S/C21H23N5O5S/c1-12-6-7-18(13(2)8-12)25(16(5)27)21-22-17(11-32-21)10-31-19(28)9-24-15(4)20(26(29)30)14(3)23-24/h6-8,11H,9-10H2,1-5H3. The average molecular weight is 458 g/mol. The van der Waals surface area contributed by atoms with Gasteiger partial charge in [0, 0.05) is 12.3 Å². The molecule has 11 heteroatoms. The van der Waals surface area contributed by atoms with Crippen LogP contribution in [0.25, 0.3) is 0 Å². The Morgan fingerprint density at radius 1 is 1.25 bits per heavy atom. The number of anilines is 2. The van der Waals surface area contributed by atoms with Crippen LogP contribution in [0.3, 0.4) is 0 Å². The van der Waals surface area contributed by atoms with Crippen LogP contribution in [-0.4, -0.2) is 31.6 Å². The zero-order chi connectivity index (χ0) is 23.6. The van der Waals surface area contributed by atoms with Crippen LogP contribution in [-0.2, 0) is 27.5 Å². The van der Waals surface area contributed by atoms with Crippen molar-refractivity contribution in [1.82, 2.24) is 14.8 Å². The largest absolute Gasteiger partial charge is 0.458 e. The van der Waals surface area contributed by atoms with Crippen LogP contribution in [0, 0.1) is 37.8 Å². The van der Waals surface area contributed by atoms with E-state index in [1.54, 1.807) is 5.38 Å². The van der Waals surface area contributed by atoms with Crippen LogP contribution in [0.4, 0.5) is 16.5 Å². The molecule has 0 spiro atoms. The molecular formula is C21H23N5O5S. The fourth-order valence-corrected chi connectivity index (χ4v) is 4.22. The molecule has 0 saturated heterocycles. The van der Waals surface area contributed by atoms with Crippen molar-refractivity contribution in [3.63, 3.8) is 0 Å². The van der Waals surface area contributed by atoms with Crippen molar-refractivity contribution in [2.24, 2.45) is 0 Å². The van der Waals surface area contributed by atoms with Gasteiger partial charge in [-0.25, -0.2) is 4.98 Å². The van der Waals surface area contributed by atoms with Crippen molar-refractivity contribution in [1.29, 1.82) is 0 Å². The summed E-state index contributed by atoms with van der Waals surface area (Å²) in [6.07, 6.45) is 0. The predicted octanol–water partition coefficient (Wildman–Crippen LogP) is 3.91. The van der Waals surface area contributed by atoms with Gasteiger partial charge in [-0.2, -0.15) is 5.10 Å². The number of nitrogens with zero attached hydrogens (tertiary/aromatic N) is 5. The number of rotatable bonds is 7. The number of carbonyl (C=O) groups excluding carboxylic acids is 2. The first-order chi connectivity index (χ1) is 15.1. The Labute approximate surface area is 188 Å². The van der Waals surface area contributed by atoms with Gasteiger partial charge in [0.05, 0.1) is 16.3 Å². The van der Waals surface area contributed by atoms with Gasteiger partial charge >= 0.3 is 11.7 Å². The van der Waals surface area contributed by atoms with E-state index in [0.29, 0.717) is 10.8 Å². The van der Waals surface area contributed by atoms with Gasteiger partial charge < -0.3 is 4.74 Å². The van der Waals surface area contributed by atoms with E-state index in [-0.39, 0.29) is 36.1 Å². The summed E-state index contributed by atoms with van der Waals surface area (Å²) in [7, 11) is 0. The second-order valence-electron chi connectivity index (χ2n) is 7.36. The van der Waals surface area contributed by atoms with Gasteiger partial charge in [-0.15, -0.1) is 11.3 Å². The molecule has 0 aliphatic carbocycles. The van der Waals surface area contributed by atoms with E-state index in [1.165, 1.54) is 41.7 Å². The van der Waals surface area contributed by atoms with Gasteiger partial charge in [-0.1, -0.05) is 17.7 Å². The molecule has 0 saturated carbocycles. The topological polar surface area (TPSA) is 120 Å². The lowest BCUT2D eigenvalue weighted by Crippen LogP contribution is -2.23. The van der Waals surface area contributed by atoms with Crippen LogP contribution in [0.2, 0.25) is 0 Å². The molecule has 0 aliphatic heterocycles. The third kappa shape index (κ3) is 4.83. The number of amides is 1. The Morgan fingerprint density at radius 2 is 1.97 bits per heavy atom. The monoisotopic (exact) mass is 457 g/mol. The van der Waals surface area contributed by atoms with E-state index >= 15 is 0 Å². The highest BCUT2D eigenvalue weighted by atomic mass is 32.1. The minimum Gasteiger partial charge on any atom is -0.458 e. The third-order valence-corrected chi connectivity index (χ3v) is 5.70. The number of hydrogen-bond donors (Lipinski definition) is 0.